The fourth-order valence-corrected chi connectivity index (χ4v) is 1.30. The zero-order valence-corrected chi connectivity index (χ0v) is 6.90. The molecule has 1 unspecified atom stereocenters. The van der Waals surface area contributed by atoms with E-state index >= 15 is 0 Å². The van der Waals surface area contributed by atoms with Gasteiger partial charge in [-0.2, -0.15) is 5.06 Å². The molecule has 1 atom stereocenters. The van der Waals surface area contributed by atoms with Crippen molar-refractivity contribution in [3.05, 3.63) is 29.8 Å². The van der Waals surface area contributed by atoms with Crippen LogP contribution in [-0.2, 0) is 6.54 Å². The minimum absolute atomic E-state index is 0.250. The number of hydroxylamine groups is 2. The van der Waals surface area contributed by atoms with E-state index < -0.39 is 0 Å². The third kappa shape index (κ3) is 1.19. The maximum atomic E-state index is 9.33. The Morgan fingerprint density at radius 3 is 3.08 bits per heavy atom. The summed E-state index contributed by atoms with van der Waals surface area (Å²) in [6.45, 7) is 0.539. The standard InChI is InChI=1S/C8H10BNO2/c9-8-10(11)5-6-3-1-2-4-7(6)12-8/h1-4,8,11H,5,9H2. The first-order valence-electron chi connectivity index (χ1n) is 3.97. The fourth-order valence-electron chi connectivity index (χ4n) is 1.30. The van der Waals surface area contributed by atoms with E-state index in [4.69, 9.17) is 4.74 Å². The smallest absolute Gasteiger partial charge is 0.177 e. The predicted molar refractivity (Wildman–Crippen MR) is 46.7 cm³/mol. The summed E-state index contributed by atoms with van der Waals surface area (Å²) in [5.74, 6) is 0.871. The van der Waals surface area contributed by atoms with Gasteiger partial charge in [0.05, 0.1) is 6.54 Å². The van der Waals surface area contributed by atoms with E-state index in [1.165, 1.54) is 5.06 Å². The lowest BCUT2D eigenvalue weighted by atomic mass is 10.0. The van der Waals surface area contributed by atoms with Crippen LogP contribution < -0.4 is 4.74 Å². The van der Waals surface area contributed by atoms with Crippen molar-refractivity contribution in [3.8, 4) is 5.75 Å². The third-order valence-electron chi connectivity index (χ3n) is 2.02. The highest BCUT2D eigenvalue weighted by atomic mass is 16.6. The van der Waals surface area contributed by atoms with Gasteiger partial charge in [0, 0.05) is 5.56 Å². The molecule has 0 radical (unpaired) electrons. The summed E-state index contributed by atoms with van der Waals surface area (Å²) >= 11 is 0. The largest absolute Gasteiger partial charge is 0.483 e. The second-order valence-electron chi connectivity index (χ2n) is 2.92. The van der Waals surface area contributed by atoms with Crippen LogP contribution in [0.25, 0.3) is 0 Å². The van der Waals surface area contributed by atoms with Gasteiger partial charge < -0.3 is 9.94 Å². The molecule has 1 heterocycles. The Morgan fingerprint density at radius 2 is 2.25 bits per heavy atom. The second-order valence-corrected chi connectivity index (χ2v) is 2.92. The van der Waals surface area contributed by atoms with Crippen LogP contribution in [0.15, 0.2) is 24.3 Å². The lowest BCUT2D eigenvalue weighted by molar-refractivity contribution is -0.171. The Labute approximate surface area is 71.9 Å². The summed E-state index contributed by atoms with van der Waals surface area (Å²) in [6.07, 6.45) is -0.250. The molecule has 1 aromatic carbocycles. The molecule has 1 aliphatic rings. The summed E-state index contributed by atoms with van der Waals surface area (Å²) in [5, 5.41) is 10.5. The quantitative estimate of drug-likeness (QED) is 0.554. The van der Waals surface area contributed by atoms with Crippen molar-refractivity contribution in [1.29, 1.82) is 0 Å². The molecule has 1 N–H and O–H groups in total. The molecule has 1 aromatic rings. The molecule has 0 spiro atoms. The number of para-hydroxylation sites is 1. The first-order valence-corrected chi connectivity index (χ1v) is 3.97. The number of nitrogens with zero attached hydrogens (tertiary/aromatic N) is 1. The summed E-state index contributed by atoms with van der Waals surface area (Å²) < 4.78 is 5.42. The van der Waals surface area contributed by atoms with Gasteiger partial charge in [-0.3, -0.25) is 0 Å². The number of hydrogen-bond acceptors (Lipinski definition) is 3. The average Bonchev–Trinajstić information content (AvgIpc) is 2.07. The van der Waals surface area contributed by atoms with Gasteiger partial charge in [0.25, 0.3) is 0 Å². The maximum Gasteiger partial charge on any atom is 0.177 e. The number of rotatable bonds is 0. The molecule has 2 rings (SSSR count). The van der Waals surface area contributed by atoms with E-state index in [0.29, 0.717) is 6.54 Å². The summed E-state index contributed by atoms with van der Waals surface area (Å²) in [7, 11) is 1.82. The molecule has 62 valence electrons. The molecule has 0 aliphatic carbocycles. The summed E-state index contributed by atoms with van der Waals surface area (Å²) in [6, 6.07) is 7.73. The van der Waals surface area contributed by atoms with Crippen LogP contribution in [0.2, 0.25) is 0 Å². The molecule has 12 heavy (non-hydrogen) atoms. The zero-order valence-electron chi connectivity index (χ0n) is 6.90. The van der Waals surface area contributed by atoms with Crippen LogP contribution >= 0.6 is 0 Å². The topological polar surface area (TPSA) is 32.7 Å². The Hall–Kier alpha value is -0.995. The lowest BCUT2D eigenvalue weighted by Crippen LogP contribution is -2.40. The third-order valence-corrected chi connectivity index (χ3v) is 2.02. The van der Waals surface area contributed by atoms with Crippen molar-refractivity contribution >= 4 is 7.85 Å². The average molecular weight is 163 g/mol. The second kappa shape index (κ2) is 2.81. The van der Waals surface area contributed by atoms with Crippen molar-refractivity contribution < 1.29 is 9.94 Å². The van der Waals surface area contributed by atoms with Crippen molar-refractivity contribution in [3.63, 3.8) is 0 Å². The van der Waals surface area contributed by atoms with E-state index in [1.54, 1.807) is 0 Å². The molecule has 0 fully saturated rings. The first-order chi connectivity index (χ1) is 5.77. The molecule has 0 saturated heterocycles. The number of ether oxygens (including phenoxy) is 1. The van der Waals surface area contributed by atoms with E-state index in [1.807, 2.05) is 32.1 Å². The SMILES string of the molecule is BC1Oc2ccccc2CN1O. The predicted octanol–water partition coefficient (Wildman–Crippen LogP) is 0.187. The minimum Gasteiger partial charge on any atom is -0.483 e. The first kappa shape index (κ1) is 7.64. The minimum atomic E-state index is -0.250. The summed E-state index contributed by atoms with van der Waals surface area (Å²) in [4.78, 5) is 0. The Bertz CT molecular complexity index is 263. The molecular weight excluding hydrogens is 153 g/mol. The molecule has 4 heteroatoms. The Morgan fingerprint density at radius 1 is 1.50 bits per heavy atom. The van der Waals surface area contributed by atoms with Crippen molar-refractivity contribution in [2.24, 2.45) is 0 Å². The fraction of sp³-hybridized carbons (Fsp3) is 0.250. The zero-order chi connectivity index (χ0) is 8.55. The van der Waals surface area contributed by atoms with E-state index in [0.717, 1.165) is 11.3 Å². The lowest BCUT2D eigenvalue weighted by Gasteiger charge is -2.30. The van der Waals surface area contributed by atoms with Crippen LogP contribution in [0.4, 0.5) is 0 Å². The van der Waals surface area contributed by atoms with Gasteiger partial charge in [0.15, 0.2) is 7.85 Å². The Balaban J connectivity index is 2.34. The molecule has 1 aliphatic heterocycles. The van der Waals surface area contributed by atoms with E-state index in [9.17, 15) is 5.21 Å². The van der Waals surface area contributed by atoms with Crippen LogP contribution in [0, 0.1) is 0 Å². The molecule has 0 bridgehead atoms. The van der Waals surface area contributed by atoms with Gasteiger partial charge in [-0.05, 0) is 6.07 Å². The highest BCUT2D eigenvalue weighted by Crippen LogP contribution is 2.25. The molecule has 3 nitrogen and oxygen atoms in total. The van der Waals surface area contributed by atoms with Gasteiger partial charge in [0.1, 0.15) is 11.9 Å². The monoisotopic (exact) mass is 163 g/mol. The van der Waals surface area contributed by atoms with Crippen LogP contribution in [-0.4, -0.2) is 24.2 Å². The van der Waals surface area contributed by atoms with Gasteiger partial charge in [-0.15, -0.1) is 0 Å². The number of hydrogen-bond donors (Lipinski definition) is 1. The van der Waals surface area contributed by atoms with Crippen LogP contribution in [0.5, 0.6) is 5.75 Å². The number of fused-ring (bicyclic) bond motifs is 1. The maximum absolute atomic E-state index is 9.33. The van der Waals surface area contributed by atoms with E-state index in [-0.39, 0.29) is 6.13 Å². The molecule has 0 aromatic heterocycles. The summed E-state index contributed by atoms with van der Waals surface area (Å²) in [5.41, 5.74) is 1.03. The molecular formula is C8H10BNO2. The van der Waals surface area contributed by atoms with Gasteiger partial charge in [0.2, 0.25) is 0 Å². The van der Waals surface area contributed by atoms with Crippen molar-refractivity contribution in [2.45, 2.75) is 12.7 Å². The normalized spacial score (nSPS) is 22.9. The van der Waals surface area contributed by atoms with Crippen LogP contribution in [0.1, 0.15) is 5.56 Å². The van der Waals surface area contributed by atoms with Gasteiger partial charge >= 0.3 is 0 Å². The van der Waals surface area contributed by atoms with Gasteiger partial charge in [-0.25, -0.2) is 0 Å². The van der Waals surface area contributed by atoms with Crippen LogP contribution in [0.3, 0.4) is 0 Å². The van der Waals surface area contributed by atoms with Gasteiger partial charge in [-0.1, -0.05) is 18.2 Å². The molecule has 0 saturated carbocycles. The highest BCUT2D eigenvalue weighted by molar-refractivity contribution is 6.10. The van der Waals surface area contributed by atoms with E-state index in [2.05, 4.69) is 0 Å². The van der Waals surface area contributed by atoms with Crippen molar-refractivity contribution in [2.75, 3.05) is 0 Å². The number of benzene rings is 1. The van der Waals surface area contributed by atoms with Crippen molar-refractivity contribution in [1.82, 2.24) is 5.06 Å². The molecule has 0 amide bonds. The highest BCUT2D eigenvalue weighted by Gasteiger charge is 2.21. The Kier molecular flexibility index (Phi) is 1.79.